The Bertz CT molecular complexity index is 693. The minimum absolute atomic E-state index is 0.0705. The summed E-state index contributed by atoms with van der Waals surface area (Å²) < 4.78 is 5.32. The second-order valence-electron chi connectivity index (χ2n) is 6.62. The lowest BCUT2D eigenvalue weighted by Gasteiger charge is -2.22. The van der Waals surface area contributed by atoms with E-state index in [0.717, 1.165) is 17.0 Å². The Morgan fingerprint density at radius 1 is 1.21 bits per heavy atom. The molecule has 5 heteroatoms. The van der Waals surface area contributed by atoms with Gasteiger partial charge in [-0.05, 0) is 51.0 Å². The van der Waals surface area contributed by atoms with Gasteiger partial charge in [0.25, 0.3) is 5.91 Å². The average Bonchev–Trinajstić information content (AvgIpc) is 2.54. The smallest absolute Gasteiger partial charge is 0.269 e. The van der Waals surface area contributed by atoms with Crippen molar-refractivity contribution in [2.75, 3.05) is 19.0 Å². The molecule has 1 heterocycles. The van der Waals surface area contributed by atoms with E-state index in [2.05, 4.69) is 36.4 Å². The third kappa shape index (κ3) is 5.26. The molecule has 128 valence electrons. The van der Waals surface area contributed by atoms with Gasteiger partial charge in [-0.25, -0.2) is 0 Å². The van der Waals surface area contributed by atoms with Gasteiger partial charge in [-0.1, -0.05) is 18.2 Å². The van der Waals surface area contributed by atoms with Crippen molar-refractivity contribution in [2.45, 2.75) is 32.7 Å². The lowest BCUT2D eigenvalue weighted by Crippen LogP contribution is -2.28. The van der Waals surface area contributed by atoms with Crippen LogP contribution in [0.2, 0.25) is 0 Å². The van der Waals surface area contributed by atoms with E-state index in [1.54, 1.807) is 19.4 Å². The Labute approximate surface area is 143 Å². The summed E-state index contributed by atoms with van der Waals surface area (Å²) in [5, 5.41) is 6.24. The molecule has 0 atom stereocenters. The zero-order valence-electron chi connectivity index (χ0n) is 14.7. The fourth-order valence-electron chi connectivity index (χ4n) is 2.38. The number of rotatable bonds is 6. The molecule has 1 aromatic heterocycles. The number of amides is 1. The minimum Gasteiger partial charge on any atom is -0.496 e. The van der Waals surface area contributed by atoms with Crippen LogP contribution in [0, 0.1) is 0 Å². The maximum Gasteiger partial charge on any atom is 0.269 e. The van der Waals surface area contributed by atoms with Crippen molar-refractivity contribution in [1.29, 1.82) is 0 Å². The average molecular weight is 327 g/mol. The van der Waals surface area contributed by atoms with Gasteiger partial charge in [-0.15, -0.1) is 0 Å². The number of nitrogens with zero attached hydrogens (tertiary/aromatic N) is 1. The van der Waals surface area contributed by atoms with Gasteiger partial charge in [-0.2, -0.15) is 0 Å². The number of hydrogen-bond donors (Lipinski definition) is 2. The van der Waals surface area contributed by atoms with E-state index < -0.39 is 0 Å². The maximum absolute atomic E-state index is 12.3. The summed E-state index contributed by atoms with van der Waals surface area (Å²) in [6.45, 7) is 6.74. The van der Waals surface area contributed by atoms with Crippen LogP contribution in [-0.2, 0) is 6.42 Å². The number of ether oxygens (including phenoxy) is 1. The monoisotopic (exact) mass is 327 g/mol. The third-order valence-electron chi connectivity index (χ3n) is 3.38. The highest BCUT2D eigenvalue weighted by Crippen LogP contribution is 2.17. The Hall–Kier alpha value is -2.56. The van der Waals surface area contributed by atoms with Crippen molar-refractivity contribution in [3.05, 3.63) is 53.9 Å². The maximum atomic E-state index is 12.3. The quantitative estimate of drug-likeness (QED) is 0.855. The van der Waals surface area contributed by atoms with Gasteiger partial charge in [0.15, 0.2) is 0 Å². The molecule has 1 amide bonds. The SMILES string of the molecule is COc1ccccc1CCNC(=O)c1cc(NC(C)(C)C)ccn1. The van der Waals surface area contributed by atoms with Crippen LogP contribution in [0.5, 0.6) is 5.75 Å². The fourth-order valence-corrected chi connectivity index (χ4v) is 2.38. The number of nitrogens with one attached hydrogen (secondary N) is 2. The van der Waals surface area contributed by atoms with Crippen molar-refractivity contribution < 1.29 is 9.53 Å². The van der Waals surface area contributed by atoms with Crippen LogP contribution in [0.15, 0.2) is 42.6 Å². The molecule has 2 rings (SSSR count). The van der Waals surface area contributed by atoms with Crippen LogP contribution < -0.4 is 15.4 Å². The summed E-state index contributed by atoms with van der Waals surface area (Å²) in [5.41, 5.74) is 2.28. The van der Waals surface area contributed by atoms with Crippen LogP contribution in [0.3, 0.4) is 0 Å². The largest absolute Gasteiger partial charge is 0.496 e. The molecular formula is C19H25N3O2. The molecule has 2 N–H and O–H groups in total. The van der Waals surface area contributed by atoms with Gasteiger partial charge in [0, 0.05) is 24.0 Å². The van der Waals surface area contributed by atoms with Gasteiger partial charge in [0.05, 0.1) is 7.11 Å². The van der Waals surface area contributed by atoms with E-state index in [1.807, 2.05) is 30.3 Å². The number of aromatic nitrogens is 1. The molecule has 0 radical (unpaired) electrons. The van der Waals surface area contributed by atoms with Crippen molar-refractivity contribution >= 4 is 11.6 Å². The molecule has 5 nitrogen and oxygen atoms in total. The number of carbonyl (C=O) groups is 1. The summed E-state index contributed by atoms with van der Waals surface area (Å²) >= 11 is 0. The fraction of sp³-hybridized carbons (Fsp3) is 0.368. The molecule has 0 bridgehead atoms. The van der Waals surface area contributed by atoms with Crippen LogP contribution >= 0.6 is 0 Å². The molecular weight excluding hydrogens is 302 g/mol. The molecule has 0 saturated heterocycles. The van der Waals surface area contributed by atoms with Crippen molar-refractivity contribution in [3.63, 3.8) is 0 Å². The second kappa shape index (κ2) is 7.81. The number of carbonyl (C=O) groups excluding carboxylic acids is 1. The first kappa shape index (κ1) is 17.8. The molecule has 0 spiro atoms. The van der Waals surface area contributed by atoms with Crippen molar-refractivity contribution in [1.82, 2.24) is 10.3 Å². The highest BCUT2D eigenvalue weighted by molar-refractivity contribution is 5.93. The summed E-state index contributed by atoms with van der Waals surface area (Å²) in [6, 6.07) is 11.4. The zero-order valence-corrected chi connectivity index (χ0v) is 14.7. The number of para-hydroxylation sites is 1. The molecule has 0 saturated carbocycles. The molecule has 0 fully saturated rings. The van der Waals surface area contributed by atoms with Crippen LogP contribution in [0.25, 0.3) is 0 Å². The number of anilines is 1. The lowest BCUT2D eigenvalue weighted by molar-refractivity contribution is 0.0949. The predicted octanol–water partition coefficient (Wildman–Crippen LogP) is 3.27. The summed E-state index contributed by atoms with van der Waals surface area (Å²) in [7, 11) is 1.65. The van der Waals surface area contributed by atoms with Gasteiger partial charge in [0.2, 0.25) is 0 Å². The molecule has 0 aliphatic rings. The summed E-state index contributed by atoms with van der Waals surface area (Å²) in [6.07, 6.45) is 2.35. The van der Waals surface area contributed by atoms with E-state index in [0.29, 0.717) is 18.7 Å². The number of hydrogen-bond acceptors (Lipinski definition) is 4. The van der Waals surface area contributed by atoms with E-state index in [-0.39, 0.29) is 11.4 Å². The van der Waals surface area contributed by atoms with Gasteiger partial charge < -0.3 is 15.4 Å². The van der Waals surface area contributed by atoms with Crippen LogP contribution in [0.4, 0.5) is 5.69 Å². The van der Waals surface area contributed by atoms with E-state index >= 15 is 0 Å². The van der Waals surface area contributed by atoms with E-state index in [4.69, 9.17) is 4.74 Å². The van der Waals surface area contributed by atoms with E-state index in [9.17, 15) is 4.79 Å². The summed E-state index contributed by atoms with van der Waals surface area (Å²) in [4.78, 5) is 16.4. The minimum atomic E-state index is -0.178. The molecule has 2 aromatic rings. The van der Waals surface area contributed by atoms with Gasteiger partial charge in [0.1, 0.15) is 11.4 Å². The van der Waals surface area contributed by atoms with Crippen LogP contribution in [-0.4, -0.2) is 30.1 Å². The van der Waals surface area contributed by atoms with Gasteiger partial charge >= 0.3 is 0 Å². The number of pyridine rings is 1. The van der Waals surface area contributed by atoms with Crippen LogP contribution in [0.1, 0.15) is 36.8 Å². The Morgan fingerprint density at radius 3 is 2.67 bits per heavy atom. The first-order valence-electron chi connectivity index (χ1n) is 8.03. The number of methoxy groups -OCH3 is 1. The first-order valence-corrected chi connectivity index (χ1v) is 8.03. The molecule has 1 aromatic carbocycles. The Morgan fingerprint density at radius 2 is 1.96 bits per heavy atom. The first-order chi connectivity index (χ1) is 11.4. The predicted molar refractivity (Wildman–Crippen MR) is 96.6 cm³/mol. The zero-order chi connectivity index (χ0) is 17.6. The molecule has 0 aliphatic carbocycles. The summed E-state index contributed by atoms with van der Waals surface area (Å²) in [5.74, 6) is 0.656. The second-order valence-corrected chi connectivity index (χ2v) is 6.62. The third-order valence-corrected chi connectivity index (χ3v) is 3.38. The van der Waals surface area contributed by atoms with E-state index in [1.165, 1.54) is 0 Å². The van der Waals surface area contributed by atoms with Gasteiger partial charge in [-0.3, -0.25) is 9.78 Å². The van der Waals surface area contributed by atoms with Crippen molar-refractivity contribution in [3.8, 4) is 5.75 Å². The Kier molecular flexibility index (Phi) is 5.79. The molecule has 24 heavy (non-hydrogen) atoms. The molecule has 0 unspecified atom stereocenters. The lowest BCUT2D eigenvalue weighted by atomic mass is 10.1. The molecule has 0 aliphatic heterocycles. The normalized spacial score (nSPS) is 11.0. The topological polar surface area (TPSA) is 63.2 Å². The standard InChI is InChI=1S/C19H25N3O2/c1-19(2,3)22-15-10-12-20-16(13-15)18(23)21-11-9-14-7-5-6-8-17(14)24-4/h5-8,10,12-13H,9,11H2,1-4H3,(H,20,22)(H,21,23). The Balaban J connectivity index is 1.94. The van der Waals surface area contributed by atoms with Crippen molar-refractivity contribution in [2.24, 2.45) is 0 Å². The number of benzene rings is 1. The highest BCUT2D eigenvalue weighted by atomic mass is 16.5. The highest BCUT2D eigenvalue weighted by Gasteiger charge is 2.12.